The number of rotatable bonds is 6. The summed E-state index contributed by atoms with van der Waals surface area (Å²) < 4.78 is 26.7. The summed E-state index contributed by atoms with van der Waals surface area (Å²) in [6.45, 7) is 6.02. The first-order valence-corrected chi connectivity index (χ1v) is 9.13. The van der Waals surface area contributed by atoms with Crippen LogP contribution in [0.4, 0.5) is 0 Å². The molecule has 0 radical (unpaired) electrons. The molecular formula is C16H26N2O2S. The maximum Gasteiger partial charge on any atom is 0.243 e. The van der Waals surface area contributed by atoms with E-state index in [9.17, 15) is 8.42 Å². The van der Waals surface area contributed by atoms with Crippen molar-refractivity contribution in [2.75, 3.05) is 20.1 Å². The molecule has 1 aliphatic rings. The fourth-order valence-electron chi connectivity index (χ4n) is 2.60. The van der Waals surface area contributed by atoms with Gasteiger partial charge in [0.2, 0.25) is 10.0 Å². The van der Waals surface area contributed by atoms with Gasteiger partial charge in [-0.25, -0.2) is 8.42 Å². The van der Waals surface area contributed by atoms with E-state index in [0.29, 0.717) is 10.8 Å². The van der Waals surface area contributed by atoms with Crippen molar-refractivity contribution in [1.29, 1.82) is 0 Å². The molecule has 5 heteroatoms. The van der Waals surface area contributed by atoms with Gasteiger partial charge in [-0.1, -0.05) is 26.0 Å². The summed E-state index contributed by atoms with van der Waals surface area (Å²) >= 11 is 0. The zero-order chi connectivity index (χ0) is 15.5. The molecule has 1 saturated heterocycles. The minimum atomic E-state index is -3.38. The zero-order valence-electron chi connectivity index (χ0n) is 13.2. The molecule has 0 aromatic heterocycles. The van der Waals surface area contributed by atoms with Gasteiger partial charge in [0.25, 0.3) is 0 Å². The van der Waals surface area contributed by atoms with Crippen molar-refractivity contribution in [3.8, 4) is 0 Å². The molecule has 0 aliphatic carbocycles. The van der Waals surface area contributed by atoms with Crippen molar-refractivity contribution in [1.82, 2.24) is 9.62 Å². The number of nitrogens with one attached hydrogen (secondary N) is 1. The lowest BCUT2D eigenvalue weighted by Crippen LogP contribution is -2.38. The van der Waals surface area contributed by atoms with Crippen LogP contribution in [-0.4, -0.2) is 38.9 Å². The quantitative estimate of drug-likeness (QED) is 0.877. The van der Waals surface area contributed by atoms with Crippen molar-refractivity contribution in [2.45, 2.75) is 44.0 Å². The number of sulfonamides is 1. The monoisotopic (exact) mass is 310 g/mol. The van der Waals surface area contributed by atoms with Gasteiger partial charge in [0, 0.05) is 19.6 Å². The van der Waals surface area contributed by atoms with E-state index in [4.69, 9.17) is 0 Å². The van der Waals surface area contributed by atoms with Gasteiger partial charge in [-0.05, 0) is 49.4 Å². The number of hydrogen-bond acceptors (Lipinski definition) is 3. The Hall–Kier alpha value is -0.910. The molecule has 0 bridgehead atoms. The summed E-state index contributed by atoms with van der Waals surface area (Å²) in [7, 11) is -1.70. The van der Waals surface area contributed by atoms with Crippen LogP contribution in [0.25, 0.3) is 0 Å². The Balaban J connectivity index is 2.09. The Labute approximate surface area is 128 Å². The molecule has 1 aliphatic heterocycles. The summed E-state index contributed by atoms with van der Waals surface area (Å²) in [5.41, 5.74) is 1.20. The first-order chi connectivity index (χ1) is 9.91. The topological polar surface area (TPSA) is 49.4 Å². The van der Waals surface area contributed by atoms with Crippen molar-refractivity contribution >= 4 is 10.0 Å². The van der Waals surface area contributed by atoms with Gasteiger partial charge in [-0.3, -0.25) is 0 Å². The molecule has 1 atom stereocenters. The SMILES string of the molecule is CC(C)CCc1ccc(S(=O)(=O)N(C)C2CCNC2)cc1. The molecule has 1 aromatic carbocycles. The molecule has 0 spiro atoms. The smallest absolute Gasteiger partial charge is 0.243 e. The van der Waals surface area contributed by atoms with E-state index in [1.807, 2.05) is 12.1 Å². The van der Waals surface area contributed by atoms with Gasteiger partial charge in [0.05, 0.1) is 4.90 Å². The van der Waals surface area contributed by atoms with E-state index >= 15 is 0 Å². The highest BCUT2D eigenvalue weighted by atomic mass is 32.2. The predicted molar refractivity (Wildman–Crippen MR) is 85.8 cm³/mol. The van der Waals surface area contributed by atoms with Crippen LogP contribution in [0.2, 0.25) is 0 Å². The van der Waals surface area contributed by atoms with Crippen LogP contribution < -0.4 is 5.32 Å². The van der Waals surface area contributed by atoms with Gasteiger partial charge >= 0.3 is 0 Å². The van der Waals surface area contributed by atoms with Crippen LogP contribution in [0.1, 0.15) is 32.3 Å². The molecule has 1 unspecified atom stereocenters. The fraction of sp³-hybridized carbons (Fsp3) is 0.625. The predicted octanol–water partition coefficient (Wildman–Crippen LogP) is 2.26. The summed E-state index contributed by atoms with van der Waals surface area (Å²) in [6.07, 6.45) is 3.00. The van der Waals surface area contributed by atoms with Gasteiger partial charge in [0.15, 0.2) is 0 Å². The highest BCUT2D eigenvalue weighted by molar-refractivity contribution is 7.89. The normalized spacial score (nSPS) is 19.6. The highest BCUT2D eigenvalue weighted by Gasteiger charge is 2.29. The lowest BCUT2D eigenvalue weighted by atomic mass is 10.0. The first kappa shape index (κ1) is 16.5. The van der Waals surface area contributed by atoms with Gasteiger partial charge in [-0.15, -0.1) is 0 Å². The Kier molecular flexibility index (Phi) is 5.41. The molecule has 4 nitrogen and oxygen atoms in total. The van der Waals surface area contributed by atoms with E-state index in [0.717, 1.165) is 32.4 Å². The van der Waals surface area contributed by atoms with Gasteiger partial charge in [-0.2, -0.15) is 4.31 Å². The second kappa shape index (κ2) is 6.90. The number of benzene rings is 1. The van der Waals surface area contributed by atoms with Crippen LogP contribution in [-0.2, 0) is 16.4 Å². The van der Waals surface area contributed by atoms with Crippen LogP contribution in [0.3, 0.4) is 0 Å². The number of nitrogens with zero attached hydrogens (tertiary/aromatic N) is 1. The maximum absolute atomic E-state index is 12.6. The van der Waals surface area contributed by atoms with Gasteiger partial charge in [0.1, 0.15) is 0 Å². The average Bonchev–Trinajstić information content (AvgIpc) is 2.98. The van der Waals surface area contributed by atoms with E-state index in [2.05, 4.69) is 19.2 Å². The van der Waals surface area contributed by atoms with Crippen LogP contribution in [0.5, 0.6) is 0 Å². The van der Waals surface area contributed by atoms with Crippen molar-refractivity contribution in [3.05, 3.63) is 29.8 Å². The third kappa shape index (κ3) is 4.05. The lowest BCUT2D eigenvalue weighted by molar-refractivity contribution is 0.388. The first-order valence-electron chi connectivity index (χ1n) is 7.69. The van der Waals surface area contributed by atoms with E-state index in [-0.39, 0.29) is 6.04 Å². The molecule has 0 saturated carbocycles. The van der Waals surface area contributed by atoms with E-state index in [1.165, 1.54) is 9.87 Å². The minimum absolute atomic E-state index is 0.0654. The summed E-state index contributed by atoms with van der Waals surface area (Å²) in [5.74, 6) is 0.661. The molecule has 1 aromatic rings. The van der Waals surface area contributed by atoms with Crippen LogP contribution in [0, 0.1) is 5.92 Å². The number of hydrogen-bond donors (Lipinski definition) is 1. The van der Waals surface area contributed by atoms with Crippen molar-refractivity contribution in [3.63, 3.8) is 0 Å². The third-order valence-electron chi connectivity index (χ3n) is 4.16. The number of likely N-dealkylation sites (N-methyl/N-ethyl adjacent to an activating group) is 1. The summed E-state index contributed by atoms with van der Waals surface area (Å²) in [4.78, 5) is 0.394. The molecule has 1 N–H and O–H groups in total. The molecule has 21 heavy (non-hydrogen) atoms. The Morgan fingerprint density at radius 1 is 1.29 bits per heavy atom. The molecule has 0 amide bonds. The maximum atomic E-state index is 12.6. The van der Waals surface area contributed by atoms with Crippen molar-refractivity contribution in [2.24, 2.45) is 5.92 Å². The van der Waals surface area contributed by atoms with Crippen LogP contribution >= 0.6 is 0 Å². The highest BCUT2D eigenvalue weighted by Crippen LogP contribution is 2.20. The second-order valence-corrected chi connectivity index (χ2v) is 8.24. The second-order valence-electron chi connectivity index (χ2n) is 6.24. The Morgan fingerprint density at radius 2 is 1.95 bits per heavy atom. The summed E-state index contributed by atoms with van der Waals surface area (Å²) in [6, 6.07) is 7.43. The molecule has 118 valence electrons. The fourth-order valence-corrected chi connectivity index (χ4v) is 3.98. The minimum Gasteiger partial charge on any atom is -0.315 e. The third-order valence-corrected chi connectivity index (χ3v) is 6.08. The Bertz CT molecular complexity index is 546. The lowest BCUT2D eigenvalue weighted by Gasteiger charge is -2.23. The summed E-state index contributed by atoms with van der Waals surface area (Å²) in [5, 5.41) is 3.21. The van der Waals surface area contributed by atoms with E-state index < -0.39 is 10.0 Å². The van der Waals surface area contributed by atoms with Gasteiger partial charge < -0.3 is 5.32 Å². The van der Waals surface area contributed by atoms with Crippen LogP contribution in [0.15, 0.2) is 29.2 Å². The number of aryl methyl sites for hydroxylation is 1. The molecular weight excluding hydrogens is 284 g/mol. The standard InChI is InChI=1S/C16H26N2O2S/c1-13(2)4-5-14-6-8-16(9-7-14)21(19,20)18(3)15-10-11-17-12-15/h6-9,13,15,17H,4-5,10-12H2,1-3H3. The zero-order valence-corrected chi connectivity index (χ0v) is 14.0. The molecule has 1 fully saturated rings. The molecule has 2 rings (SSSR count). The largest absolute Gasteiger partial charge is 0.315 e. The average molecular weight is 310 g/mol. The Morgan fingerprint density at radius 3 is 2.48 bits per heavy atom. The van der Waals surface area contributed by atoms with E-state index in [1.54, 1.807) is 19.2 Å². The molecule has 1 heterocycles. The van der Waals surface area contributed by atoms with Crippen molar-refractivity contribution < 1.29 is 8.42 Å².